The summed E-state index contributed by atoms with van der Waals surface area (Å²) < 4.78 is 11.3. The maximum Gasteiger partial charge on any atom is 0.187 e. The molecule has 1 heterocycles. The quantitative estimate of drug-likeness (QED) is 0.148. The van der Waals surface area contributed by atoms with Gasteiger partial charge >= 0.3 is 0 Å². The number of hydrogen-bond donors (Lipinski definition) is 10. The second-order valence-corrected chi connectivity index (χ2v) is 16.1. The van der Waals surface area contributed by atoms with Gasteiger partial charge in [0.25, 0.3) is 0 Å². The zero-order chi connectivity index (χ0) is 34.4. The van der Waals surface area contributed by atoms with Gasteiger partial charge in [0.1, 0.15) is 30.0 Å². The lowest BCUT2D eigenvalue weighted by Crippen LogP contribution is -2.70. The smallest absolute Gasteiger partial charge is 0.187 e. The Balaban J connectivity index is 1.41. The molecule has 264 valence electrons. The lowest BCUT2D eigenvalue weighted by atomic mass is 9.44. The Morgan fingerprint density at radius 1 is 0.957 bits per heavy atom. The number of aliphatic hydroxyl groups excluding tert-OH is 6. The van der Waals surface area contributed by atoms with Crippen LogP contribution in [0.3, 0.4) is 0 Å². The Morgan fingerprint density at radius 3 is 2.22 bits per heavy atom. The van der Waals surface area contributed by atoms with Crippen LogP contribution >= 0.6 is 0 Å². The highest BCUT2D eigenvalue weighted by Crippen LogP contribution is 2.69. The van der Waals surface area contributed by atoms with E-state index < -0.39 is 106 Å². The minimum atomic E-state index is -2.03. The van der Waals surface area contributed by atoms with Crippen molar-refractivity contribution in [1.29, 1.82) is 0 Å². The van der Waals surface area contributed by atoms with Gasteiger partial charge in [0.2, 0.25) is 0 Å². The zero-order valence-corrected chi connectivity index (χ0v) is 27.4. The maximum atomic E-state index is 13.9. The van der Waals surface area contributed by atoms with Gasteiger partial charge in [0, 0.05) is 17.3 Å². The van der Waals surface area contributed by atoms with Gasteiger partial charge < -0.3 is 60.5 Å². The summed E-state index contributed by atoms with van der Waals surface area (Å²) in [6, 6.07) is 0. The van der Waals surface area contributed by atoms with E-state index in [1.165, 1.54) is 6.08 Å². The molecule has 4 fully saturated rings. The Kier molecular flexibility index (Phi) is 9.27. The third kappa shape index (κ3) is 5.34. The predicted octanol–water partition coefficient (Wildman–Crippen LogP) is -1.21. The molecule has 1 saturated heterocycles. The van der Waals surface area contributed by atoms with Gasteiger partial charge in [-0.1, -0.05) is 13.8 Å². The minimum absolute atomic E-state index is 0.108. The van der Waals surface area contributed by atoms with Crippen molar-refractivity contribution in [3.63, 3.8) is 0 Å². The highest BCUT2D eigenvalue weighted by molar-refractivity contribution is 6.00. The lowest BCUT2D eigenvalue weighted by molar-refractivity contribution is -0.327. The first-order chi connectivity index (χ1) is 21.1. The van der Waals surface area contributed by atoms with Gasteiger partial charge in [-0.15, -0.1) is 0 Å². The summed E-state index contributed by atoms with van der Waals surface area (Å²) in [6.45, 7) is 7.73. The molecule has 15 unspecified atom stereocenters. The van der Waals surface area contributed by atoms with E-state index in [9.17, 15) is 55.9 Å². The molecule has 15 atom stereocenters. The molecular formula is C33H54O13. The molecule has 10 N–H and O–H groups in total. The van der Waals surface area contributed by atoms with Crippen molar-refractivity contribution in [3.8, 4) is 0 Å². The highest BCUT2D eigenvalue weighted by atomic mass is 16.7. The van der Waals surface area contributed by atoms with Crippen LogP contribution in [0, 0.1) is 22.7 Å². The second kappa shape index (κ2) is 11.8. The van der Waals surface area contributed by atoms with E-state index in [2.05, 4.69) is 0 Å². The highest BCUT2D eigenvalue weighted by Gasteiger charge is 2.72. The zero-order valence-electron chi connectivity index (χ0n) is 27.4. The van der Waals surface area contributed by atoms with Gasteiger partial charge in [0.05, 0.1) is 41.7 Å². The van der Waals surface area contributed by atoms with E-state index in [4.69, 9.17) is 9.47 Å². The summed E-state index contributed by atoms with van der Waals surface area (Å²) in [7, 11) is 0. The standard InChI is InChI=1S/C33H54O13/c1-28(2,41)9-8-22(36)31(5,42)21-7-11-32(43)17-12-23(37)33(44)14-19(45-27-26(40)25(39)24(38)20(15-34)46-27)18(35)13-30(33,4)16(17)6-10-29(21,32)3/h12,16,18-22,24-27,34-36,38-44H,6-11,13-15H2,1-5H3. The van der Waals surface area contributed by atoms with Crippen LogP contribution in [0.25, 0.3) is 0 Å². The number of carbonyl (C=O) groups is 1. The maximum absolute atomic E-state index is 13.9. The molecule has 5 rings (SSSR count). The molecule has 13 heteroatoms. The van der Waals surface area contributed by atoms with Gasteiger partial charge in [-0.3, -0.25) is 4.79 Å². The van der Waals surface area contributed by atoms with Crippen LogP contribution in [-0.4, -0.2) is 135 Å². The molecular weight excluding hydrogens is 604 g/mol. The van der Waals surface area contributed by atoms with E-state index in [1.54, 1.807) is 27.7 Å². The van der Waals surface area contributed by atoms with Crippen molar-refractivity contribution in [3.05, 3.63) is 11.6 Å². The summed E-state index contributed by atoms with van der Waals surface area (Å²) in [5.74, 6) is -1.73. The fraction of sp³-hybridized carbons (Fsp3) is 0.909. The fourth-order valence-corrected chi connectivity index (χ4v) is 9.78. The van der Waals surface area contributed by atoms with Crippen molar-refractivity contribution in [2.75, 3.05) is 6.61 Å². The molecule has 1 aliphatic heterocycles. The summed E-state index contributed by atoms with van der Waals surface area (Å²) in [5.41, 5.74) is -7.90. The van der Waals surface area contributed by atoms with Crippen molar-refractivity contribution in [2.45, 2.75) is 157 Å². The van der Waals surface area contributed by atoms with Gasteiger partial charge in [-0.05, 0) is 89.2 Å². The Bertz CT molecular complexity index is 1200. The van der Waals surface area contributed by atoms with Gasteiger partial charge in [-0.2, -0.15) is 0 Å². The monoisotopic (exact) mass is 658 g/mol. The SMILES string of the molecule is CC(C)(O)CCC(O)C(C)(O)C1CCC2(O)C3=CC(=O)C4(O)CC(OC5OC(CO)C(O)C(O)C5O)C(O)CC4(C)C3CCC12C. The van der Waals surface area contributed by atoms with Crippen molar-refractivity contribution >= 4 is 5.78 Å². The average molecular weight is 659 g/mol. The number of carbonyl (C=O) groups excluding carboxylic acids is 1. The Morgan fingerprint density at radius 2 is 1.61 bits per heavy atom. The van der Waals surface area contributed by atoms with Crippen LogP contribution in [0.4, 0.5) is 0 Å². The van der Waals surface area contributed by atoms with Gasteiger partial charge in [0.15, 0.2) is 12.1 Å². The molecule has 13 nitrogen and oxygen atoms in total. The first-order valence-corrected chi connectivity index (χ1v) is 16.6. The molecule has 46 heavy (non-hydrogen) atoms. The third-order valence-electron chi connectivity index (χ3n) is 12.8. The van der Waals surface area contributed by atoms with Crippen LogP contribution in [0.5, 0.6) is 0 Å². The second-order valence-electron chi connectivity index (χ2n) is 16.1. The molecule has 0 spiro atoms. The minimum Gasteiger partial charge on any atom is -0.394 e. The van der Waals surface area contributed by atoms with Crippen molar-refractivity contribution in [2.24, 2.45) is 22.7 Å². The summed E-state index contributed by atoms with van der Waals surface area (Å²) in [4.78, 5) is 13.9. The lowest BCUT2D eigenvalue weighted by Gasteiger charge is -2.63. The number of aliphatic hydroxyl groups is 10. The number of rotatable bonds is 8. The fourth-order valence-electron chi connectivity index (χ4n) is 9.78. The largest absolute Gasteiger partial charge is 0.394 e. The third-order valence-corrected chi connectivity index (χ3v) is 12.8. The molecule has 5 aliphatic rings. The molecule has 0 radical (unpaired) electrons. The molecule has 0 amide bonds. The topological polar surface area (TPSA) is 238 Å². The molecule has 0 aromatic rings. The van der Waals surface area contributed by atoms with Crippen LogP contribution in [0.2, 0.25) is 0 Å². The van der Waals surface area contributed by atoms with Crippen LogP contribution in [0.15, 0.2) is 11.6 Å². The number of ether oxygens (including phenoxy) is 2. The molecule has 0 aromatic carbocycles. The predicted molar refractivity (Wildman–Crippen MR) is 161 cm³/mol. The van der Waals surface area contributed by atoms with Gasteiger partial charge in [-0.25, -0.2) is 0 Å². The molecule has 3 saturated carbocycles. The van der Waals surface area contributed by atoms with Crippen LogP contribution in [0.1, 0.15) is 86.0 Å². The molecule has 0 bridgehead atoms. The Labute approximate surface area is 269 Å². The first kappa shape index (κ1) is 36.2. The normalized spacial score (nSPS) is 49.8. The summed E-state index contributed by atoms with van der Waals surface area (Å²) in [5, 5.41) is 109. The molecule has 4 aliphatic carbocycles. The molecule has 0 aromatic heterocycles. The Hall–Kier alpha value is -1.07. The summed E-state index contributed by atoms with van der Waals surface area (Å²) >= 11 is 0. The number of ketones is 1. The van der Waals surface area contributed by atoms with Crippen LogP contribution in [-0.2, 0) is 14.3 Å². The van der Waals surface area contributed by atoms with Crippen LogP contribution < -0.4 is 0 Å². The average Bonchev–Trinajstić information content (AvgIpc) is 3.25. The first-order valence-electron chi connectivity index (χ1n) is 16.6. The van der Waals surface area contributed by atoms with E-state index in [0.29, 0.717) is 24.8 Å². The summed E-state index contributed by atoms with van der Waals surface area (Å²) in [6.07, 6.45) is -8.82. The van der Waals surface area contributed by atoms with E-state index >= 15 is 0 Å². The van der Waals surface area contributed by atoms with Crippen molar-refractivity contribution in [1.82, 2.24) is 0 Å². The van der Waals surface area contributed by atoms with Crippen molar-refractivity contribution < 1.29 is 65.3 Å². The number of hydrogen-bond acceptors (Lipinski definition) is 13. The van der Waals surface area contributed by atoms with E-state index in [-0.39, 0.29) is 32.1 Å². The number of fused-ring (bicyclic) bond motifs is 5. The van der Waals surface area contributed by atoms with E-state index in [1.807, 2.05) is 6.92 Å². The van der Waals surface area contributed by atoms with E-state index in [0.717, 1.165) is 0 Å².